The van der Waals surface area contributed by atoms with Crippen molar-refractivity contribution in [3.63, 3.8) is 0 Å². The predicted molar refractivity (Wildman–Crippen MR) is 548 cm³/mol. The molecular formula is C123H85N11. The summed E-state index contributed by atoms with van der Waals surface area (Å²) in [5.74, 6) is 1.96. The molecule has 15 aromatic carbocycles. The van der Waals surface area contributed by atoms with Gasteiger partial charge in [-0.05, 0) is 168 Å². The van der Waals surface area contributed by atoms with E-state index in [0.29, 0.717) is 17.5 Å². The molecule has 24 rings (SSSR count). The summed E-state index contributed by atoms with van der Waals surface area (Å²) in [6, 6.07) is 153. The molecule has 0 atom stereocenters. The normalized spacial score (nSPS) is 11.7. The van der Waals surface area contributed by atoms with Gasteiger partial charge in [0.05, 0.1) is 50.7 Å². The lowest BCUT2D eigenvalue weighted by Gasteiger charge is -2.24. The average molecular weight is 1720 g/mol. The Kier molecular flexibility index (Phi) is 22.2. The third kappa shape index (κ3) is 16.7. The monoisotopic (exact) mass is 1720 g/mol. The Hall–Kier alpha value is -17.8. The Balaban J connectivity index is 0.000000118. The fraction of sp³-hybridized carbons (Fsp3) is 0.0244. The summed E-state index contributed by atoms with van der Waals surface area (Å²) < 4.78 is 2.36. The molecule has 0 saturated carbocycles. The first-order chi connectivity index (χ1) is 66.2. The van der Waals surface area contributed by atoms with Gasteiger partial charge < -0.3 is 4.57 Å². The van der Waals surface area contributed by atoms with Gasteiger partial charge in [-0.15, -0.1) is 0 Å². The number of rotatable bonds is 16. The summed E-state index contributed by atoms with van der Waals surface area (Å²) >= 11 is 0. The van der Waals surface area contributed by atoms with Crippen molar-refractivity contribution in [1.29, 1.82) is 0 Å². The highest BCUT2D eigenvalue weighted by atomic mass is 15.0. The first-order valence-electron chi connectivity index (χ1n) is 45.0. The molecule has 0 spiro atoms. The van der Waals surface area contributed by atoms with Gasteiger partial charge in [-0.2, -0.15) is 0 Å². The van der Waals surface area contributed by atoms with E-state index < -0.39 is 0 Å². The van der Waals surface area contributed by atoms with Crippen molar-refractivity contribution in [2.45, 2.75) is 19.3 Å². The van der Waals surface area contributed by atoms with E-state index in [1.54, 1.807) is 24.8 Å². The van der Waals surface area contributed by atoms with Crippen molar-refractivity contribution in [2.75, 3.05) is 0 Å². The molecule has 0 bridgehead atoms. The number of para-hydroxylation sites is 3. The van der Waals surface area contributed by atoms with E-state index in [4.69, 9.17) is 29.9 Å². The fourth-order valence-electron chi connectivity index (χ4n) is 18.4. The molecule has 0 N–H and O–H groups in total. The number of hydrogen-bond donors (Lipinski definition) is 0. The van der Waals surface area contributed by atoms with Gasteiger partial charge in [0.25, 0.3) is 0 Å². The van der Waals surface area contributed by atoms with Crippen LogP contribution >= 0.6 is 0 Å². The zero-order valence-electron chi connectivity index (χ0n) is 73.5. The van der Waals surface area contributed by atoms with Crippen LogP contribution in [0.2, 0.25) is 0 Å². The Morgan fingerprint density at radius 3 is 0.963 bits per heavy atom. The second kappa shape index (κ2) is 36.4. The van der Waals surface area contributed by atoms with Crippen molar-refractivity contribution in [2.24, 2.45) is 0 Å². The maximum Gasteiger partial charge on any atom is 0.161 e. The summed E-state index contributed by atoms with van der Waals surface area (Å²) in [5.41, 5.74) is 38.1. The molecule has 0 aliphatic heterocycles. The fourth-order valence-corrected chi connectivity index (χ4v) is 18.4. The van der Waals surface area contributed by atoms with Crippen LogP contribution in [0.1, 0.15) is 25.0 Å². The first-order valence-corrected chi connectivity index (χ1v) is 45.0. The predicted octanol–water partition coefficient (Wildman–Crippen LogP) is 30.6. The van der Waals surface area contributed by atoms with E-state index in [9.17, 15) is 0 Å². The maximum absolute atomic E-state index is 5.02. The lowest BCUT2D eigenvalue weighted by atomic mass is 9.79. The average Bonchev–Trinajstić information content (AvgIpc) is 1.57. The SMILES string of the molecule is CC1(C)c2ccccc2-c2cccc(-c3ccc(-c4cc(-c5ccc(-c6ccccc6)cc5)nc(-c5cccnc5)n4)cc3)c21.c1ccc(-c2ccc(-c3cc(-c4ccc(-c5ccc6c7ccccc7n(-c7ccccc7)c6c5)cc4)nc(-c4cccnc4)n3)cc2)cc1.c1ccc(-c2ccc(-c3cc(-c4ccc(-c5cccc6cccnc56)cc4)nc(-c4cccnc4)n3)cc2)cc1. The molecule has 1 aliphatic carbocycles. The second-order valence-corrected chi connectivity index (χ2v) is 33.9. The van der Waals surface area contributed by atoms with Gasteiger partial charge in [0.2, 0.25) is 0 Å². The molecule has 8 aromatic heterocycles. The van der Waals surface area contributed by atoms with Crippen molar-refractivity contribution in [3.05, 3.63) is 491 Å². The van der Waals surface area contributed by atoms with Gasteiger partial charge in [-0.1, -0.05) is 366 Å². The minimum absolute atomic E-state index is 0.0720. The molecule has 0 radical (unpaired) electrons. The Bertz CT molecular complexity index is 8150. The molecule has 134 heavy (non-hydrogen) atoms. The molecule has 0 amide bonds. The van der Waals surface area contributed by atoms with E-state index in [2.05, 4.69) is 414 Å². The van der Waals surface area contributed by atoms with Crippen LogP contribution in [0.5, 0.6) is 0 Å². The largest absolute Gasteiger partial charge is 0.309 e. The smallest absolute Gasteiger partial charge is 0.161 e. The molecule has 0 unspecified atom stereocenters. The number of fused-ring (bicyclic) bond motifs is 7. The first kappa shape index (κ1) is 81.9. The van der Waals surface area contributed by atoms with E-state index in [1.165, 1.54) is 88.6 Å². The summed E-state index contributed by atoms with van der Waals surface area (Å²) in [6.45, 7) is 4.68. The zero-order valence-corrected chi connectivity index (χ0v) is 73.5. The summed E-state index contributed by atoms with van der Waals surface area (Å²) in [7, 11) is 0. The number of nitrogens with zero attached hydrogens (tertiary/aromatic N) is 11. The topological polar surface area (TPSA) is 134 Å². The summed E-state index contributed by atoms with van der Waals surface area (Å²) in [6.07, 6.45) is 12.6. The molecule has 8 heterocycles. The van der Waals surface area contributed by atoms with Gasteiger partial charge in [-0.25, -0.2) is 29.9 Å². The molecule has 11 heteroatoms. The minimum Gasteiger partial charge on any atom is -0.309 e. The third-order valence-corrected chi connectivity index (χ3v) is 25.2. The van der Waals surface area contributed by atoms with E-state index in [-0.39, 0.29) is 5.41 Å². The lowest BCUT2D eigenvalue weighted by Crippen LogP contribution is -2.16. The van der Waals surface area contributed by atoms with Crippen LogP contribution < -0.4 is 0 Å². The Labute approximate surface area is 777 Å². The summed E-state index contributed by atoms with van der Waals surface area (Å²) in [4.78, 5) is 47.5. The minimum atomic E-state index is -0.0720. The number of hydrogen-bond acceptors (Lipinski definition) is 10. The molecule has 0 fully saturated rings. The van der Waals surface area contributed by atoms with Crippen molar-refractivity contribution in [3.8, 4) is 185 Å². The van der Waals surface area contributed by atoms with Crippen LogP contribution in [-0.2, 0) is 5.41 Å². The maximum atomic E-state index is 5.02. The number of aromatic nitrogens is 11. The molecule has 11 nitrogen and oxygen atoms in total. The van der Waals surface area contributed by atoms with Gasteiger partial charge in [-0.3, -0.25) is 19.9 Å². The number of pyridine rings is 4. The standard InChI is InChI=1S/C45H30N4.C42H31N3.C36H24N4/c1-3-10-31(11-4-1)32-17-21-34(22-18-32)41-29-42(48-45(47-41)37-12-9-27-46-30-37)35-23-19-33(20-24-35)36-25-26-40-39-15-7-8-16-43(39)49(44(40)28-36)38-13-5-2-6-14-38;1-42(2)37-16-7-6-13-35(37)36-15-8-14-34(40(36)42)30-19-23-32(24-20-30)39-26-38(44-41(45-39)33-12-9-25-43-27-33)31-21-17-29(18-22-31)28-10-4-3-5-11-28;1-2-7-25(8-3-1)26-13-17-28(18-14-26)33-23-34(40-36(39-33)31-11-5-21-37-24-31)29-19-15-27(16-20-29)32-12-4-9-30-10-6-22-38-35(30)32/h1-30H;3-27H,1-2H3;1-24H. The van der Waals surface area contributed by atoms with Crippen molar-refractivity contribution in [1.82, 2.24) is 54.4 Å². The van der Waals surface area contributed by atoms with E-state index >= 15 is 0 Å². The van der Waals surface area contributed by atoms with Gasteiger partial charge in [0, 0.05) is 126 Å². The highest BCUT2D eigenvalue weighted by molar-refractivity contribution is 6.10. The zero-order chi connectivity index (χ0) is 89.7. The van der Waals surface area contributed by atoms with Crippen LogP contribution in [0.25, 0.3) is 218 Å². The molecular weight excluding hydrogens is 1630 g/mol. The van der Waals surface area contributed by atoms with Gasteiger partial charge in [0.1, 0.15) is 0 Å². The molecule has 0 saturated heterocycles. The Morgan fingerprint density at radius 2 is 0.522 bits per heavy atom. The van der Waals surface area contributed by atoms with Crippen molar-refractivity contribution >= 4 is 32.7 Å². The van der Waals surface area contributed by atoms with Crippen LogP contribution in [0, 0.1) is 0 Å². The highest BCUT2D eigenvalue weighted by Crippen LogP contribution is 2.52. The van der Waals surface area contributed by atoms with Gasteiger partial charge >= 0.3 is 0 Å². The molecule has 23 aromatic rings. The Morgan fingerprint density at radius 1 is 0.209 bits per heavy atom. The molecule has 1 aliphatic rings. The van der Waals surface area contributed by atoms with E-state index in [1.807, 2.05) is 79.3 Å². The summed E-state index contributed by atoms with van der Waals surface area (Å²) in [5, 5.41) is 3.62. The van der Waals surface area contributed by atoms with Crippen LogP contribution in [0.4, 0.5) is 0 Å². The van der Waals surface area contributed by atoms with Crippen LogP contribution in [0.3, 0.4) is 0 Å². The lowest BCUT2D eigenvalue weighted by molar-refractivity contribution is 0.662. The van der Waals surface area contributed by atoms with Crippen LogP contribution in [-0.4, -0.2) is 54.4 Å². The van der Waals surface area contributed by atoms with E-state index in [0.717, 1.165) is 123 Å². The second-order valence-electron chi connectivity index (χ2n) is 33.9. The highest BCUT2D eigenvalue weighted by Gasteiger charge is 2.37. The molecule has 632 valence electrons. The van der Waals surface area contributed by atoms with Crippen molar-refractivity contribution < 1.29 is 0 Å². The third-order valence-electron chi connectivity index (χ3n) is 25.2. The quantitative estimate of drug-likeness (QED) is 0.0920. The van der Waals surface area contributed by atoms with Crippen LogP contribution in [0.15, 0.2) is 480 Å². The van der Waals surface area contributed by atoms with Gasteiger partial charge in [0.15, 0.2) is 17.5 Å². The number of benzene rings is 15.